The number of hydrogen-bond acceptors (Lipinski definition) is 3. The van der Waals surface area contributed by atoms with Gasteiger partial charge in [0.05, 0.1) is 12.7 Å². The third-order valence-corrected chi connectivity index (χ3v) is 11.7. The molecule has 0 aromatic heterocycles. The quantitative estimate of drug-likeness (QED) is 0.465. The van der Waals surface area contributed by atoms with Crippen molar-refractivity contribution in [2.24, 2.45) is 45.3 Å². The van der Waals surface area contributed by atoms with E-state index in [2.05, 4.69) is 53.7 Å². The number of allylic oxidation sites excluding steroid dienone is 2. The van der Waals surface area contributed by atoms with Gasteiger partial charge in [-0.1, -0.05) is 64.8 Å². The van der Waals surface area contributed by atoms with Crippen LogP contribution >= 0.6 is 0 Å². The standard InChI is InChI=1S/C30H48O3/c1-19(18-31)9-8-10-20(2)21-15-16-28(5)24-13-11-22-23(12-14-25(32)27(22,3)4)30(24,7)26(33)17-29(21,28)6/h9,11,20-21,23-25,31-32H,8,10,12-18H2,1-7H3. The van der Waals surface area contributed by atoms with Gasteiger partial charge < -0.3 is 10.2 Å². The number of aliphatic hydroxyl groups excluding tert-OH is 2. The Bertz CT molecular complexity index is 853. The van der Waals surface area contributed by atoms with Crippen molar-refractivity contribution in [3.63, 3.8) is 0 Å². The number of carbonyl (C=O) groups is 1. The van der Waals surface area contributed by atoms with E-state index < -0.39 is 0 Å². The smallest absolute Gasteiger partial charge is 0.140 e. The Morgan fingerprint density at radius 2 is 1.85 bits per heavy atom. The highest BCUT2D eigenvalue weighted by atomic mass is 16.3. The molecule has 3 fully saturated rings. The molecule has 3 heteroatoms. The molecule has 0 heterocycles. The molecular weight excluding hydrogens is 408 g/mol. The molecule has 0 spiro atoms. The van der Waals surface area contributed by atoms with E-state index in [0.29, 0.717) is 30.0 Å². The second kappa shape index (κ2) is 8.33. The molecule has 0 aliphatic heterocycles. The first kappa shape index (κ1) is 25.2. The highest BCUT2D eigenvalue weighted by Crippen LogP contribution is 2.74. The summed E-state index contributed by atoms with van der Waals surface area (Å²) in [5.41, 5.74) is 2.11. The predicted octanol–water partition coefficient (Wildman–Crippen LogP) is 6.49. The lowest BCUT2D eigenvalue weighted by Gasteiger charge is -2.64. The minimum atomic E-state index is -0.306. The summed E-state index contributed by atoms with van der Waals surface area (Å²) in [6.07, 6.45) is 12.4. The fourth-order valence-electron chi connectivity index (χ4n) is 9.24. The van der Waals surface area contributed by atoms with Crippen molar-refractivity contribution in [3.8, 4) is 0 Å². The number of rotatable bonds is 5. The van der Waals surface area contributed by atoms with E-state index >= 15 is 0 Å². The fraction of sp³-hybridized carbons (Fsp3) is 0.833. The van der Waals surface area contributed by atoms with Crippen LogP contribution in [0.5, 0.6) is 0 Å². The molecule has 4 aliphatic carbocycles. The maximum Gasteiger partial charge on any atom is 0.140 e. The van der Waals surface area contributed by atoms with Crippen LogP contribution in [0.25, 0.3) is 0 Å². The summed E-state index contributed by atoms with van der Waals surface area (Å²) >= 11 is 0. The molecule has 0 bridgehead atoms. The second-order valence-corrected chi connectivity index (χ2v) is 13.4. The van der Waals surface area contributed by atoms with Gasteiger partial charge in [0, 0.05) is 17.3 Å². The molecule has 0 saturated heterocycles. The normalized spacial score (nSPS) is 45.7. The van der Waals surface area contributed by atoms with Crippen LogP contribution in [0.1, 0.15) is 99.8 Å². The van der Waals surface area contributed by atoms with Gasteiger partial charge in [-0.2, -0.15) is 0 Å². The SMILES string of the molecule is CC(=CCCC(C)C1CCC2(C)C3CC=C4C(CCC(O)C4(C)C)C3(C)C(=O)CC12C)CO. The van der Waals surface area contributed by atoms with E-state index in [9.17, 15) is 15.0 Å². The Balaban J connectivity index is 1.65. The summed E-state index contributed by atoms with van der Waals surface area (Å²) in [6.45, 7) is 16.2. The summed E-state index contributed by atoms with van der Waals surface area (Å²) in [5, 5.41) is 20.0. The maximum absolute atomic E-state index is 14.2. The van der Waals surface area contributed by atoms with Crippen LogP contribution < -0.4 is 0 Å². The topological polar surface area (TPSA) is 57.5 Å². The van der Waals surface area contributed by atoms with E-state index in [1.54, 1.807) is 0 Å². The van der Waals surface area contributed by atoms with Crippen molar-refractivity contribution in [3.05, 3.63) is 23.3 Å². The van der Waals surface area contributed by atoms with Gasteiger partial charge in [-0.05, 0) is 86.4 Å². The Hall–Kier alpha value is -0.930. The first-order chi connectivity index (χ1) is 15.3. The largest absolute Gasteiger partial charge is 0.392 e. The highest BCUT2D eigenvalue weighted by Gasteiger charge is 2.70. The highest BCUT2D eigenvalue weighted by molar-refractivity contribution is 5.88. The van der Waals surface area contributed by atoms with E-state index in [-0.39, 0.29) is 40.3 Å². The van der Waals surface area contributed by atoms with Gasteiger partial charge in [0.1, 0.15) is 5.78 Å². The maximum atomic E-state index is 14.2. The van der Waals surface area contributed by atoms with Gasteiger partial charge in [0.25, 0.3) is 0 Å². The molecule has 8 atom stereocenters. The van der Waals surface area contributed by atoms with Crippen LogP contribution in [0.15, 0.2) is 23.3 Å². The summed E-state index contributed by atoms with van der Waals surface area (Å²) in [7, 11) is 0. The first-order valence-electron chi connectivity index (χ1n) is 13.5. The van der Waals surface area contributed by atoms with E-state index in [1.165, 1.54) is 18.4 Å². The molecule has 2 N–H and O–H groups in total. The van der Waals surface area contributed by atoms with Crippen LogP contribution in [-0.4, -0.2) is 28.7 Å². The molecule has 0 aromatic rings. The Labute approximate surface area is 202 Å². The molecule has 0 radical (unpaired) electrons. The van der Waals surface area contributed by atoms with Crippen LogP contribution in [0.2, 0.25) is 0 Å². The van der Waals surface area contributed by atoms with Gasteiger partial charge in [-0.25, -0.2) is 0 Å². The molecule has 3 saturated carbocycles. The van der Waals surface area contributed by atoms with Gasteiger partial charge in [-0.3, -0.25) is 4.79 Å². The summed E-state index contributed by atoms with van der Waals surface area (Å²) in [5.74, 6) is 2.32. The lowest BCUT2D eigenvalue weighted by atomic mass is 9.38. The van der Waals surface area contributed by atoms with Crippen LogP contribution in [0.4, 0.5) is 0 Å². The van der Waals surface area contributed by atoms with E-state index in [4.69, 9.17) is 0 Å². The number of hydrogen-bond donors (Lipinski definition) is 2. The zero-order chi connectivity index (χ0) is 24.4. The number of Topliss-reactive ketones (excluding diaryl/α,β-unsaturated/α-hetero) is 1. The Morgan fingerprint density at radius 1 is 1.15 bits per heavy atom. The monoisotopic (exact) mass is 456 g/mol. The second-order valence-electron chi connectivity index (χ2n) is 13.4. The number of aliphatic hydroxyl groups is 2. The fourth-order valence-corrected chi connectivity index (χ4v) is 9.24. The molecule has 4 rings (SSSR count). The first-order valence-corrected chi connectivity index (χ1v) is 13.5. The van der Waals surface area contributed by atoms with Crippen molar-refractivity contribution in [1.82, 2.24) is 0 Å². The summed E-state index contributed by atoms with van der Waals surface area (Å²) in [4.78, 5) is 14.2. The molecule has 3 nitrogen and oxygen atoms in total. The minimum absolute atomic E-state index is 0.0540. The van der Waals surface area contributed by atoms with Crippen LogP contribution in [-0.2, 0) is 4.79 Å². The zero-order valence-corrected chi connectivity index (χ0v) is 22.2. The van der Waals surface area contributed by atoms with Gasteiger partial charge in [0.2, 0.25) is 0 Å². The Kier molecular flexibility index (Phi) is 6.35. The summed E-state index contributed by atoms with van der Waals surface area (Å²) in [6, 6.07) is 0. The lowest BCUT2D eigenvalue weighted by Crippen LogP contribution is -2.63. The van der Waals surface area contributed by atoms with Crippen molar-refractivity contribution < 1.29 is 15.0 Å². The average molecular weight is 457 g/mol. The zero-order valence-electron chi connectivity index (χ0n) is 22.2. The summed E-state index contributed by atoms with van der Waals surface area (Å²) < 4.78 is 0. The number of ketones is 1. The number of fused-ring (bicyclic) bond motifs is 5. The van der Waals surface area contributed by atoms with Crippen LogP contribution in [0, 0.1) is 45.3 Å². The third kappa shape index (κ3) is 3.46. The predicted molar refractivity (Wildman–Crippen MR) is 135 cm³/mol. The van der Waals surface area contributed by atoms with Crippen molar-refractivity contribution in [2.45, 2.75) is 106 Å². The minimum Gasteiger partial charge on any atom is -0.392 e. The molecule has 0 aromatic carbocycles. The molecular formula is C30H48O3. The van der Waals surface area contributed by atoms with Gasteiger partial charge >= 0.3 is 0 Å². The molecule has 0 amide bonds. The van der Waals surface area contributed by atoms with Crippen molar-refractivity contribution >= 4 is 5.78 Å². The van der Waals surface area contributed by atoms with Crippen LogP contribution in [0.3, 0.4) is 0 Å². The molecule has 8 unspecified atom stereocenters. The molecule has 33 heavy (non-hydrogen) atoms. The molecule has 186 valence electrons. The molecule has 4 aliphatic rings. The lowest BCUT2D eigenvalue weighted by molar-refractivity contribution is -0.171. The average Bonchev–Trinajstić information content (AvgIpc) is 3.02. The van der Waals surface area contributed by atoms with E-state index in [0.717, 1.165) is 37.7 Å². The Morgan fingerprint density at radius 3 is 2.52 bits per heavy atom. The van der Waals surface area contributed by atoms with Gasteiger partial charge in [-0.15, -0.1) is 0 Å². The van der Waals surface area contributed by atoms with Crippen molar-refractivity contribution in [1.29, 1.82) is 0 Å². The van der Waals surface area contributed by atoms with E-state index in [1.807, 2.05) is 6.92 Å². The third-order valence-electron chi connectivity index (χ3n) is 11.7. The van der Waals surface area contributed by atoms with Crippen molar-refractivity contribution in [2.75, 3.05) is 6.61 Å². The van der Waals surface area contributed by atoms with Gasteiger partial charge in [0.15, 0.2) is 0 Å². The number of carbonyl (C=O) groups excluding carboxylic acids is 1.